The lowest BCUT2D eigenvalue weighted by atomic mass is 9.96. The fraction of sp³-hybridized carbons (Fsp3) is 0.444. The minimum absolute atomic E-state index is 0.659. The molecule has 0 spiro atoms. The van der Waals surface area contributed by atoms with E-state index in [-0.39, 0.29) is 0 Å². The van der Waals surface area contributed by atoms with Gasteiger partial charge in [0.05, 0.1) is 13.7 Å². The van der Waals surface area contributed by atoms with Gasteiger partial charge in [0.1, 0.15) is 16.2 Å². The lowest BCUT2D eigenvalue weighted by Gasteiger charge is -2.24. The molecule has 1 aliphatic carbocycles. The van der Waals surface area contributed by atoms with Gasteiger partial charge in [0.15, 0.2) is 0 Å². The third kappa shape index (κ3) is 3.31. The van der Waals surface area contributed by atoms with Gasteiger partial charge < -0.3 is 14.0 Å². The summed E-state index contributed by atoms with van der Waals surface area (Å²) in [7, 11) is 3.41. The second-order valence-electron chi connectivity index (χ2n) is 5.75. The van der Waals surface area contributed by atoms with Crippen LogP contribution in [0.25, 0.3) is 11.4 Å². The van der Waals surface area contributed by atoms with E-state index in [1.807, 2.05) is 18.2 Å². The Labute approximate surface area is 142 Å². The second-order valence-corrected chi connectivity index (χ2v) is 6.14. The van der Waals surface area contributed by atoms with E-state index >= 15 is 0 Å². The van der Waals surface area contributed by atoms with Gasteiger partial charge in [-0.25, -0.2) is 4.98 Å². The van der Waals surface area contributed by atoms with Gasteiger partial charge in [0, 0.05) is 30.5 Å². The Morgan fingerprint density at radius 1 is 1.22 bits per heavy atom. The molecule has 1 aliphatic rings. The molecular formula is C18H22N2O2S. The molecule has 0 fully saturated rings. The summed E-state index contributed by atoms with van der Waals surface area (Å²) in [6.07, 6.45) is 4.49. The van der Waals surface area contributed by atoms with E-state index < -0.39 is 0 Å². The molecule has 0 unspecified atom stereocenters. The Balaban J connectivity index is 2.17. The van der Waals surface area contributed by atoms with E-state index in [2.05, 4.69) is 10.6 Å². The summed E-state index contributed by atoms with van der Waals surface area (Å²) in [4.78, 5) is 4.75. The third-order valence-electron chi connectivity index (χ3n) is 4.33. The average molecular weight is 330 g/mol. The Morgan fingerprint density at radius 3 is 2.83 bits per heavy atom. The van der Waals surface area contributed by atoms with E-state index in [0.717, 1.165) is 41.2 Å². The molecule has 2 aromatic rings. The maximum absolute atomic E-state index is 5.57. The number of hydrogen-bond donors (Lipinski definition) is 0. The van der Waals surface area contributed by atoms with E-state index in [0.29, 0.717) is 6.61 Å². The van der Waals surface area contributed by atoms with Crippen LogP contribution >= 0.6 is 12.2 Å². The van der Waals surface area contributed by atoms with Crippen LogP contribution in [0.1, 0.15) is 24.1 Å². The van der Waals surface area contributed by atoms with Gasteiger partial charge in [-0.05, 0) is 37.8 Å². The first-order valence-electron chi connectivity index (χ1n) is 8.00. The minimum atomic E-state index is 0.659. The summed E-state index contributed by atoms with van der Waals surface area (Å²) in [6, 6.07) is 7.99. The molecule has 0 N–H and O–H groups in total. The molecule has 0 radical (unpaired) electrons. The molecule has 0 saturated heterocycles. The molecule has 0 saturated carbocycles. The van der Waals surface area contributed by atoms with Crippen LogP contribution in [0.4, 0.5) is 0 Å². The van der Waals surface area contributed by atoms with Gasteiger partial charge in [-0.2, -0.15) is 0 Å². The van der Waals surface area contributed by atoms with Gasteiger partial charge in [-0.1, -0.05) is 24.4 Å². The lowest BCUT2D eigenvalue weighted by molar-refractivity contribution is 0.186. The highest BCUT2D eigenvalue weighted by molar-refractivity contribution is 7.71. The van der Waals surface area contributed by atoms with E-state index in [9.17, 15) is 0 Å². The maximum atomic E-state index is 5.57. The van der Waals surface area contributed by atoms with Crippen molar-refractivity contribution in [1.82, 2.24) is 9.55 Å². The highest BCUT2D eigenvalue weighted by Crippen LogP contribution is 2.28. The molecular weight excluding hydrogens is 308 g/mol. The first kappa shape index (κ1) is 16.1. The highest BCUT2D eigenvalue weighted by atomic mass is 32.1. The Hall–Kier alpha value is -1.72. The molecule has 0 bridgehead atoms. The largest absolute Gasteiger partial charge is 0.497 e. The molecule has 1 aromatic carbocycles. The van der Waals surface area contributed by atoms with Crippen LogP contribution < -0.4 is 4.74 Å². The fourth-order valence-corrected chi connectivity index (χ4v) is 3.48. The Bertz CT molecular complexity index is 755. The molecule has 23 heavy (non-hydrogen) atoms. The molecule has 122 valence electrons. The van der Waals surface area contributed by atoms with Crippen molar-refractivity contribution in [2.75, 3.05) is 20.8 Å². The van der Waals surface area contributed by atoms with Gasteiger partial charge >= 0.3 is 0 Å². The minimum Gasteiger partial charge on any atom is -0.497 e. The number of hydrogen-bond acceptors (Lipinski definition) is 4. The van der Waals surface area contributed by atoms with Crippen LogP contribution in [0.5, 0.6) is 5.75 Å². The van der Waals surface area contributed by atoms with E-state index in [4.69, 9.17) is 26.7 Å². The van der Waals surface area contributed by atoms with Crippen LogP contribution in [0.3, 0.4) is 0 Å². The maximum Gasteiger partial charge on any atom is 0.141 e. The molecule has 1 aromatic heterocycles. The number of aromatic nitrogens is 2. The van der Waals surface area contributed by atoms with Crippen molar-refractivity contribution in [3.8, 4) is 17.1 Å². The van der Waals surface area contributed by atoms with Crippen molar-refractivity contribution >= 4 is 12.2 Å². The Morgan fingerprint density at radius 2 is 2.04 bits per heavy atom. The standard InChI is InChI=1S/C18H22N2O2S/c1-21-11-10-20-16-9-4-3-8-15(16)18(23)19-17(20)13-6-5-7-14(12-13)22-2/h5-7,12H,3-4,8-11H2,1-2H3. The van der Waals surface area contributed by atoms with Crippen LogP contribution in [0.2, 0.25) is 0 Å². The van der Waals surface area contributed by atoms with E-state index in [1.54, 1.807) is 14.2 Å². The summed E-state index contributed by atoms with van der Waals surface area (Å²) in [5, 5.41) is 0. The zero-order valence-corrected chi connectivity index (χ0v) is 14.5. The summed E-state index contributed by atoms with van der Waals surface area (Å²) >= 11 is 5.57. The van der Waals surface area contributed by atoms with Gasteiger partial charge in [0.25, 0.3) is 0 Å². The topological polar surface area (TPSA) is 36.3 Å². The average Bonchev–Trinajstić information content (AvgIpc) is 2.61. The molecule has 1 heterocycles. The fourth-order valence-electron chi connectivity index (χ4n) is 3.18. The molecule has 4 nitrogen and oxygen atoms in total. The van der Waals surface area contributed by atoms with Gasteiger partial charge in [-0.3, -0.25) is 0 Å². The van der Waals surface area contributed by atoms with E-state index in [1.165, 1.54) is 24.1 Å². The predicted octanol–water partition coefficient (Wildman–Crippen LogP) is 3.81. The summed E-state index contributed by atoms with van der Waals surface area (Å²) in [5.41, 5.74) is 3.60. The molecule has 3 rings (SSSR count). The molecule has 5 heteroatoms. The van der Waals surface area contributed by atoms with Gasteiger partial charge in [-0.15, -0.1) is 0 Å². The second kappa shape index (κ2) is 7.23. The third-order valence-corrected chi connectivity index (χ3v) is 4.67. The SMILES string of the molecule is COCCn1c(-c2cccc(OC)c2)nc(=S)c2c1CCCC2. The van der Waals surface area contributed by atoms with Crippen molar-refractivity contribution in [1.29, 1.82) is 0 Å². The number of benzene rings is 1. The number of fused-ring (bicyclic) bond motifs is 1. The van der Waals surface area contributed by atoms with Crippen LogP contribution in [-0.4, -0.2) is 30.4 Å². The number of nitrogens with zero attached hydrogens (tertiary/aromatic N) is 2. The van der Waals surface area contributed by atoms with Crippen LogP contribution in [-0.2, 0) is 24.1 Å². The quantitative estimate of drug-likeness (QED) is 0.781. The lowest BCUT2D eigenvalue weighted by Crippen LogP contribution is -2.20. The van der Waals surface area contributed by atoms with Crippen LogP contribution in [0.15, 0.2) is 24.3 Å². The van der Waals surface area contributed by atoms with Crippen molar-refractivity contribution in [3.05, 3.63) is 40.2 Å². The van der Waals surface area contributed by atoms with Crippen molar-refractivity contribution < 1.29 is 9.47 Å². The van der Waals surface area contributed by atoms with Crippen molar-refractivity contribution in [2.24, 2.45) is 0 Å². The van der Waals surface area contributed by atoms with Crippen molar-refractivity contribution in [2.45, 2.75) is 32.2 Å². The Kier molecular flexibility index (Phi) is 5.08. The smallest absolute Gasteiger partial charge is 0.141 e. The zero-order chi connectivity index (χ0) is 16.2. The normalized spacial score (nSPS) is 13.7. The first-order valence-corrected chi connectivity index (χ1v) is 8.41. The number of ether oxygens (including phenoxy) is 2. The van der Waals surface area contributed by atoms with Gasteiger partial charge in [0.2, 0.25) is 0 Å². The molecule has 0 amide bonds. The first-order chi connectivity index (χ1) is 11.2. The summed E-state index contributed by atoms with van der Waals surface area (Å²) in [6.45, 7) is 1.44. The number of rotatable bonds is 5. The molecule has 0 aliphatic heterocycles. The summed E-state index contributed by atoms with van der Waals surface area (Å²) < 4.78 is 13.7. The summed E-state index contributed by atoms with van der Waals surface area (Å²) in [5.74, 6) is 1.73. The number of methoxy groups -OCH3 is 2. The zero-order valence-electron chi connectivity index (χ0n) is 13.7. The van der Waals surface area contributed by atoms with Crippen LogP contribution in [0, 0.1) is 4.64 Å². The monoisotopic (exact) mass is 330 g/mol. The van der Waals surface area contributed by atoms with Crippen molar-refractivity contribution in [3.63, 3.8) is 0 Å². The predicted molar refractivity (Wildman–Crippen MR) is 93.6 cm³/mol. The highest BCUT2D eigenvalue weighted by Gasteiger charge is 2.19. The molecule has 0 atom stereocenters.